The number of carboxylic acids is 1. The highest BCUT2D eigenvalue weighted by Gasteiger charge is 2.45. The third-order valence-corrected chi connectivity index (χ3v) is 7.92. The zero-order chi connectivity index (χ0) is 29.6. The fraction of sp³-hybridized carbons (Fsp3) is 0.345. The van der Waals surface area contributed by atoms with Crippen molar-refractivity contribution >= 4 is 34.6 Å². The van der Waals surface area contributed by atoms with Crippen LogP contribution in [0.15, 0.2) is 72.9 Å². The van der Waals surface area contributed by atoms with Gasteiger partial charge in [0.1, 0.15) is 11.3 Å². The molecule has 0 spiro atoms. The second-order valence-electron chi connectivity index (χ2n) is 9.83. The summed E-state index contributed by atoms with van der Waals surface area (Å²) in [6.45, 7) is 0. The highest BCUT2D eigenvalue weighted by atomic mass is 127. The number of aliphatic carboxylic acids is 1. The topological polar surface area (TPSA) is 101 Å². The van der Waals surface area contributed by atoms with E-state index in [1.165, 1.54) is 12.1 Å². The normalized spacial score (nSPS) is 18.5. The summed E-state index contributed by atoms with van der Waals surface area (Å²) in [6, 6.07) is 16.5. The number of carbonyl (C=O) groups excluding carboxylic acids is 1. The molecule has 3 aromatic rings. The minimum Gasteiger partial charge on any atom is -0.481 e. The van der Waals surface area contributed by atoms with Crippen LogP contribution in [0.1, 0.15) is 41.6 Å². The van der Waals surface area contributed by atoms with Crippen molar-refractivity contribution in [3.8, 4) is 5.75 Å². The molecular formula is C29H28F4IN3O4. The molecule has 12 heteroatoms. The van der Waals surface area contributed by atoms with E-state index in [0.717, 1.165) is 17.2 Å². The van der Waals surface area contributed by atoms with Crippen LogP contribution < -0.4 is 15.4 Å². The second kappa shape index (κ2) is 13.0. The summed E-state index contributed by atoms with van der Waals surface area (Å²) in [5, 5.41) is 15.3. The van der Waals surface area contributed by atoms with Gasteiger partial charge in [-0.3, -0.25) is 9.78 Å². The summed E-state index contributed by atoms with van der Waals surface area (Å²) in [5.41, 5.74) is 0.753. The average molecular weight is 685 g/mol. The monoisotopic (exact) mass is 685 g/mol. The number of carbonyl (C=O) groups is 2. The van der Waals surface area contributed by atoms with Crippen LogP contribution in [-0.2, 0) is 21.2 Å². The van der Waals surface area contributed by atoms with Gasteiger partial charge in [-0.25, -0.2) is 4.79 Å². The Kier molecular flexibility index (Phi) is 9.72. The number of halogens is 5. The molecule has 1 saturated carbocycles. The van der Waals surface area contributed by atoms with Gasteiger partial charge in [0.2, 0.25) is 0 Å². The largest absolute Gasteiger partial charge is 0.481 e. The molecule has 7 nitrogen and oxygen atoms in total. The van der Waals surface area contributed by atoms with Crippen molar-refractivity contribution < 1.29 is 37.0 Å². The standard InChI is InChI=1S/C29H28F4IN3O4/c30-26(31)29(32,33)41-21-9-4-8-20(14-21)28(15-18-6-2-1-3-7-18,24-13-12-19(16-34)17-35-24)37-27(40)36-23-11-5-10-22(23)25(38)39/h1-4,6-9,12-14,17,22-23,26H,5,10-11,15-16H2,(H,38,39)(H2,36,37,40)/t22-,23+,28-/m0/s1. The van der Waals surface area contributed by atoms with Gasteiger partial charge in [-0.05, 0) is 47.7 Å². The number of nitrogens with one attached hydrogen (secondary N) is 2. The Balaban J connectivity index is 1.82. The molecule has 0 radical (unpaired) electrons. The lowest BCUT2D eigenvalue weighted by Gasteiger charge is -2.36. The molecule has 218 valence electrons. The van der Waals surface area contributed by atoms with Gasteiger partial charge in [0.05, 0.1) is 11.6 Å². The summed E-state index contributed by atoms with van der Waals surface area (Å²) in [5.74, 6) is -2.29. The number of aromatic nitrogens is 1. The van der Waals surface area contributed by atoms with Gasteiger partial charge in [-0.2, -0.15) is 17.6 Å². The van der Waals surface area contributed by atoms with Crippen LogP contribution in [0.25, 0.3) is 0 Å². The first-order valence-electron chi connectivity index (χ1n) is 12.9. The summed E-state index contributed by atoms with van der Waals surface area (Å²) in [7, 11) is 0. The van der Waals surface area contributed by atoms with Gasteiger partial charge in [-0.1, -0.05) is 77.5 Å². The molecule has 41 heavy (non-hydrogen) atoms. The highest BCUT2D eigenvalue weighted by molar-refractivity contribution is 14.1. The summed E-state index contributed by atoms with van der Waals surface area (Å²) < 4.78 is 58.6. The van der Waals surface area contributed by atoms with Crippen LogP contribution in [0.2, 0.25) is 0 Å². The number of rotatable bonds is 11. The Labute approximate surface area is 247 Å². The molecule has 2 amide bonds. The van der Waals surface area contributed by atoms with Gasteiger partial charge in [0.25, 0.3) is 0 Å². The quantitative estimate of drug-likeness (QED) is 0.125. The summed E-state index contributed by atoms with van der Waals surface area (Å²) in [4.78, 5) is 29.9. The van der Waals surface area contributed by atoms with E-state index in [0.29, 0.717) is 29.4 Å². The van der Waals surface area contributed by atoms with E-state index >= 15 is 0 Å². The minimum atomic E-state index is -4.74. The Bertz CT molecular complexity index is 1350. The molecule has 1 fully saturated rings. The first kappa shape index (κ1) is 30.5. The Hall–Kier alpha value is -3.42. The first-order chi connectivity index (χ1) is 19.5. The van der Waals surface area contributed by atoms with Crippen molar-refractivity contribution in [1.29, 1.82) is 0 Å². The lowest BCUT2D eigenvalue weighted by atomic mass is 9.80. The Morgan fingerprint density at radius 3 is 2.44 bits per heavy atom. The third kappa shape index (κ3) is 7.27. The molecule has 1 aromatic heterocycles. The van der Waals surface area contributed by atoms with Crippen molar-refractivity contribution in [3.63, 3.8) is 0 Å². The SMILES string of the molecule is O=C(N[C@@H]1CCC[C@@H]1C(=O)O)N[C@@](Cc1ccccc1)(c1cccc(OC(F)(F)C(F)F)c1)c1ccc(CI)cn1. The van der Waals surface area contributed by atoms with E-state index < -0.39 is 47.8 Å². The molecular weight excluding hydrogens is 657 g/mol. The number of ether oxygens (including phenoxy) is 1. The molecule has 3 N–H and O–H groups in total. The number of hydrogen-bond acceptors (Lipinski definition) is 4. The number of benzene rings is 2. The smallest absolute Gasteiger partial charge is 0.461 e. The number of nitrogens with zero attached hydrogens (tertiary/aromatic N) is 1. The first-order valence-corrected chi connectivity index (χ1v) is 14.4. The maximum atomic E-state index is 13.8. The van der Waals surface area contributed by atoms with Crippen molar-refractivity contribution in [2.45, 2.75) is 54.2 Å². The van der Waals surface area contributed by atoms with E-state index in [2.05, 4.69) is 42.9 Å². The zero-order valence-electron chi connectivity index (χ0n) is 21.7. The number of alkyl halides is 5. The van der Waals surface area contributed by atoms with Crippen molar-refractivity contribution in [2.24, 2.45) is 5.92 Å². The predicted molar refractivity (Wildman–Crippen MR) is 151 cm³/mol. The Morgan fingerprint density at radius 2 is 1.80 bits per heavy atom. The zero-order valence-corrected chi connectivity index (χ0v) is 23.9. The predicted octanol–water partition coefficient (Wildman–Crippen LogP) is 6.29. The van der Waals surface area contributed by atoms with Crippen LogP contribution >= 0.6 is 22.6 Å². The highest BCUT2D eigenvalue weighted by Crippen LogP contribution is 2.36. The maximum Gasteiger partial charge on any atom is 0.461 e. The van der Waals surface area contributed by atoms with Crippen LogP contribution in [-0.4, -0.2) is 40.7 Å². The molecule has 1 heterocycles. The lowest BCUT2D eigenvalue weighted by molar-refractivity contribution is -0.253. The lowest BCUT2D eigenvalue weighted by Crippen LogP contribution is -2.55. The van der Waals surface area contributed by atoms with Crippen LogP contribution in [0, 0.1) is 5.92 Å². The van der Waals surface area contributed by atoms with Crippen molar-refractivity contribution in [2.75, 3.05) is 0 Å². The molecule has 1 aliphatic rings. The molecule has 0 bridgehead atoms. The van der Waals surface area contributed by atoms with E-state index in [-0.39, 0.29) is 12.0 Å². The van der Waals surface area contributed by atoms with Gasteiger partial charge in [-0.15, -0.1) is 0 Å². The second-order valence-corrected chi connectivity index (χ2v) is 10.6. The summed E-state index contributed by atoms with van der Waals surface area (Å²) >= 11 is 2.18. The maximum absolute atomic E-state index is 13.8. The molecule has 0 unspecified atom stereocenters. The van der Waals surface area contributed by atoms with Crippen molar-refractivity contribution in [1.82, 2.24) is 15.6 Å². The molecule has 1 aliphatic carbocycles. The minimum absolute atomic E-state index is 0.0968. The molecule has 2 aromatic carbocycles. The van der Waals surface area contributed by atoms with Crippen molar-refractivity contribution in [3.05, 3.63) is 95.3 Å². The van der Waals surface area contributed by atoms with Gasteiger partial charge in [0, 0.05) is 23.1 Å². The van der Waals surface area contributed by atoms with Gasteiger partial charge in [0.15, 0.2) is 0 Å². The van der Waals surface area contributed by atoms with E-state index in [1.807, 2.05) is 24.3 Å². The number of pyridine rings is 1. The molecule has 3 atom stereocenters. The van der Waals surface area contributed by atoms with Gasteiger partial charge < -0.3 is 20.5 Å². The summed E-state index contributed by atoms with van der Waals surface area (Å²) in [6.07, 6.45) is -5.53. The van der Waals surface area contributed by atoms with Crippen LogP contribution in [0.3, 0.4) is 0 Å². The number of hydrogen-bond donors (Lipinski definition) is 3. The molecule has 4 rings (SSSR count). The van der Waals surface area contributed by atoms with Gasteiger partial charge >= 0.3 is 24.5 Å². The van der Waals surface area contributed by atoms with E-state index in [4.69, 9.17) is 0 Å². The van der Waals surface area contributed by atoms with E-state index in [1.54, 1.807) is 30.5 Å². The van der Waals surface area contributed by atoms with Crippen LogP contribution in [0.4, 0.5) is 22.4 Å². The van der Waals surface area contributed by atoms with Crippen LogP contribution in [0.5, 0.6) is 5.75 Å². The number of amides is 2. The number of urea groups is 1. The Morgan fingerprint density at radius 1 is 1.05 bits per heavy atom. The number of carboxylic acid groups (broad SMARTS) is 1. The fourth-order valence-electron chi connectivity index (χ4n) is 5.03. The average Bonchev–Trinajstić information content (AvgIpc) is 3.41. The third-order valence-electron chi connectivity index (χ3n) is 7.04. The van der Waals surface area contributed by atoms with E-state index in [9.17, 15) is 32.3 Å². The molecule has 0 saturated heterocycles. The fourth-order valence-corrected chi connectivity index (χ4v) is 5.48. The molecule has 0 aliphatic heterocycles.